The lowest BCUT2D eigenvalue weighted by Gasteiger charge is -2.11. The number of aromatic nitrogens is 2. The highest BCUT2D eigenvalue weighted by Crippen LogP contribution is 2.29. The Morgan fingerprint density at radius 3 is 2.60 bits per heavy atom. The lowest BCUT2D eigenvalue weighted by Crippen LogP contribution is -2.05. The molecule has 3 rings (SSSR count). The summed E-state index contributed by atoms with van der Waals surface area (Å²) in [5, 5.41) is 0.657. The molecule has 0 atom stereocenters. The van der Waals surface area contributed by atoms with Crippen LogP contribution in [0.5, 0.6) is 0 Å². The fourth-order valence-electron chi connectivity index (χ4n) is 2.27. The van der Waals surface area contributed by atoms with Crippen LogP contribution in [0.15, 0.2) is 42.5 Å². The number of hydrogen-bond donors (Lipinski definition) is 1. The number of halogens is 1. The number of aryl methyl sites for hydroxylation is 1. The molecule has 2 aromatic carbocycles. The van der Waals surface area contributed by atoms with Crippen LogP contribution in [0.4, 0.5) is 0 Å². The molecule has 1 aromatic heterocycles. The smallest absolute Gasteiger partial charge is 0.0953 e. The molecule has 0 unspecified atom stereocenters. The fraction of sp³-hybridized carbons (Fsp3) is 0.125. The van der Waals surface area contributed by atoms with Gasteiger partial charge in [0.25, 0.3) is 0 Å². The molecule has 0 aliphatic carbocycles. The lowest BCUT2D eigenvalue weighted by molar-refractivity contribution is 0.991. The molecular formula is C16H14ClN3. The van der Waals surface area contributed by atoms with Gasteiger partial charge in [-0.3, -0.25) is 0 Å². The lowest BCUT2D eigenvalue weighted by atomic mass is 10.1. The Morgan fingerprint density at radius 2 is 1.85 bits per heavy atom. The summed E-state index contributed by atoms with van der Waals surface area (Å²) >= 11 is 6.27. The van der Waals surface area contributed by atoms with Crippen LogP contribution >= 0.6 is 11.6 Å². The Hall–Kier alpha value is -1.97. The van der Waals surface area contributed by atoms with Crippen LogP contribution in [0.25, 0.3) is 22.3 Å². The third-order valence-corrected chi connectivity index (χ3v) is 3.62. The third-order valence-electron chi connectivity index (χ3n) is 3.29. The Kier molecular flexibility index (Phi) is 3.38. The zero-order chi connectivity index (χ0) is 14.1. The minimum atomic E-state index is 0.331. The summed E-state index contributed by atoms with van der Waals surface area (Å²) in [6.45, 7) is 2.35. The van der Waals surface area contributed by atoms with E-state index in [1.165, 1.54) is 0 Å². The van der Waals surface area contributed by atoms with Crippen LogP contribution in [0.1, 0.15) is 11.3 Å². The van der Waals surface area contributed by atoms with Crippen molar-refractivity contribution in [3.8, 4) is 11.3 Å². The van der Waals surface area contributed by atoms with Gasteiger partial charge in [-0.1, -0.05) is 41.9 Å². The van der Waals surface area contributed by atoms with Gasteiger partial charge in [0.1, 0.15) is 0 Å². The van der Waals surface area contributed by atoms with Crippen molar-refractivity contribution in [2.45, 2.75) is 13.5 Å². The van der Waals surface area contributed by atoms with Gasteiger partial charge in [0.2, 0.25) is 0 Å². The highest BCUT2D eigenvalue weighted by Gasteiger charge is 2.13. The predicted octanol–water partition coefficient (Wildman–Crippen LogP) is 3.72. The third kappa shape index (κ3) is 2.15. The molecule has 1 heterocycles. The average Bonchev–Trinajstić information content (AvgIpc) is 2.47. The zero-order valence-corrected chi connectivity index (χ0v) is 11.9. The average molecular weight is 284 g/mol. The number of fused-ring (bicyclic) bond motifs is 1. The summed E-state index contributed by atoms with van der Waals surface area (Å²) in [4.78, 5) is 9.38. The molecule has 3 aromatic rings. The predicted molar refractivity (Wildman–Crippen MR) is 82.6 cm³/mol. The largest absolute Gasteiger partial charge is 0.325 e. The van der Waals surface area contributed by atoms with Crippen molar-refractivity contribution < 1.29 is 0 Å². The second kappa shape index (κ2) is 5.19. The molecule has 4 heteroatoms. The molecule has 0 saturated heterocycles. The minimum absolute atomic E-state index is 0.331. The van der Waals surface area contributed by atoms with Crippen LogP contribution in [-0.2, 0) is 6.54 Å². The second-order valence-corrected chi connectivity index (χ2v) is 5.05. The van der Waals surface area contributed by atoms with E-state index in [1.54, 1.807) is 0 Å². The Labute approximate surface area is 122 Å². The summed E-state index contributed by atoms with van der Waals surface area (Å²) in [5.74, 6) is 0. The van der Waals surface area contributed by atoms with Crippen molar-refractivity contribution in [2.24, 2.45) is 5.73 Å². The molecule has 0 bridgehead atoms. The first-order valence-electron chi connectivity index (χ1n) is 6.42. The van der Waals surface area contributed by atoms with E-state index in [-0.39, 0.29) is 0 Å². The molecule has 0 aliphatic rings. The molecule has 0 fully saturated rings. The van der Waals surface area contributed by atoms with E-state index in [9.17, 15) is 0 Å². The normalized spacial score (nSPS) is 10.9. The molecule has 0 aliphatic heterocycles. The van der Waals surface area contributed by atoms with Crippen molar-refractivity contribution in [3.05, 3.63) is 58.7 Å². The van der Waals surface area contributed by atoms with Crippen molar-refractivity contribution in [1.29, 1.82) is 0 Å². The number of rotatable bonds is 2. The fourth-order valence-corrected chi connectivity index (χ4v) is 2.49. The van der Waals surface area contributed by atoms with Crippen LogP contribution in [0.3, 0.4) is 0 Å². The van der Waals surface area contributed by atoms with Crippen molar-refractivity contribution in [2.75, 3.05) is 0 Å². The zero-order valence-electron chi connectivity index (χ0n) is 11.1. The Bertz CT molecular complexity index is 784. The van der Waals surface area contributed by atoms with Crippen molar-refractivity contribution >= 4 is 22.6 Å². The van der Waals surface area contributed by atoms with Crippen LogP contribution < -0.4 is 5.73 Å². The minimum Gasteiger partial charge on any atom is -0.325 e. The van der Waals surface area contributed by atoms with Crippen LogP contribution in [0.2, 0.25) is 5.02 Å². The highest BCUT2D eigenvalue weighted by molar-refractivity contribution is 6.33. The van der Waals surface area contributed by atoms with Crippen molar-refractivity contribution in [3.63, 3.8) is 0 Å². The van der Waals surface area contributed by atoms with E-state index in [2.05, 4.69) is 4.98 Å². The molecule has 0 saturated carbocycles. The first kappa shape index (κ1) is 13.0. The van der Waals surface area contributed by atoms with E-state index >= 15 is 0 Å². The number of nitrogens with two attached hydrogens (primary N) is 1. The molecule has 100 valence electrons. The maximum atomic E-state index is 6.27. The van der Waals surface area contributed by atoms with Gasteiger partial charge >= 0.3 is 0 Å². The molecule has 3 nitrogen and oxygen atoms in total. The van der Waals surface area contributed by atoms with E-state index in [0.29, 0.717) is 11.6 Å². The van der Waals surface area contributed by atoms with E-state index in [4.69, 9.17) is 22.3 Å². The maximum absolute atomic E-state index is 6.27. The molecule has 2 N–H and O–H groups in total. The molecule has 0 radical (unpaired) electrons. The molecular weight excluding hydrogens is 270 g/mol. The van der Waals surface area contributed by atoms with Gasteiger partial charge in [-0.2, -0.15) is 0 Å². The first-order valence-corrected chi connectivity index (χ1v) is 6.79. The summed E-state index contributed by atoms with van der Waals surface area (Å²) in [5.41, 5.74) is 11.1. The maximum Gasteiger partial charge on any atom is 0.0953 e. The van der Waals surface area contributed by atoms with Crippen LogP contribution in [0, 0.1) is 6.92 Å². The topological polar surface area (TPSA) is 51.8 Å². The second-order valence-electron chi connectivity index (χ2n) is 4.65. The van der Waals surface area contributed by atoms with E-state index in [0.717, 1.165) is 33.5 Å². The number of nitrogens with zero attached hydrogens (tertiary/aromatic N) is 2. The molecule has 0 spiro atoms. The van der Waals surface area contributed by atoms with Gasteiger partial charge in [0.05, 0.1) is 27.4 Å². The van der Waals surface area contributed by atoms with Gasteiger partial charge in [-0.05, 0) is 24.6 Å². The van der Waals surface area contributed by atoms with Crippen molar-refractivity contribution in [1.82, 2.24) is 9.97 Å². The number of benzene rings is 2. The highest BCUT2D eigenvalue weighted by atomic mass is 35.5. The summed E-state index contributed by atoms with van der Waals surface area (Å²) in [6, 6.07) is 13.6. The monoisotopic (exact) mass is 283 g/mol. The van der Waals surface area contributed by atoms with Gasteiger partial charge in [0, 0.05) is 12.1 Å². The van der Waals surface area contributed by atoms with Gasteiger partial charge < -0.3 is 5.73 Å². The molecule has 20 heavy (non-hydrogen) atoms. The summed E-state index contributed by atoms with van der Waals surface area (Å²) < 4.78 is 0. The number of hydrogen-bond acceptors (Lipinski definition) is 3. The quantitative estimate of drug-likeness (QED) is 0.780. The standard InChI is InChI=1S/C16H14ClN3/c1-10-5-4-8-13-15(10)20-16(14(9-18)19-13)11-6-2-3-7-12(11)17/h2-8H,9,18H2,1H3. The first-order chi connectivity index (χ1) is 9.70. The van der Waals surface area contributed by atoms with Gasteiger partial charge in [-0.25, -0.2) is 9.97 Å². The van der Waals surface area contributed by atoms with Gasteiger partial charge in [0.15, 0.2) is 0 Å². The van der Waals surface area contributed by atoms with E-state index < -0.39 is 0 Å². The van der Waals surface area contributed by atoms with Crippen LogP contribution in [-0.4, -0.2) is 9.97 Å². The number of para-hydroxylation sites is 1. The molecule has 0 amide bonds. The summed E-state index contributed by atoms with van der Waals surface area (Å²) in [6.07, 6.45) is 0. The Morgan fingerprint density at radius 1 is 1.05 bits per heavy atom. The van der Waals surface area contributed by atoms with Gasteiger partial charge in [-0.15, -0.1) is 0 Å². The summed E-state index contributed by atoms with van der Waals surface area (Å²) in [7, 11) is 0. The van der Waals surface area contributed by atoms with E-state index in [1.807, 2.05) is 49.4 Å². The SMILES string of the molecule is Cc1cccc2nc(CN)c(-c3ccccc3Cl)nc12. The Balaban J connectivity index is 2.34.